The fraction of sp³-hybridized carbons (Fsp3) is 1.00. The van der Waals surface area contributed by atoms with Crippen LogP contribution in [0.15, 0.2) is 0 Å². The molecule has 2 nitrogen and oxygen atoms in total. The highest BCUT2D eigenvalue weighted by molar-refractivity contribution is 5.00. The van der Waals surface area contributed by atoms with E-state index in [1.54, 1.807) is 0 Å². The molecular formula is C14H26N2. The normalized spacial score (nSPS) is 43.9. The van der Waals surface area contributed by atoms with Gasteiger partial charge in [0.05, 0.1) is 0 Å². The lowest BCUT2D eigenvalue weighted by molar-refractivity contribution is 0.255. The standard InChI is InChI=1S/C14H26N2/c1-3-4-11-8-14(11)15-12-7-10(2)16(9-12)13-5-6-13/h10-15H,3-9H2,1-2H3. The Balaban J connectivity index is 1.43. The Morgan fingerprint density at radius 3 is 2.75 bits per heavy atom. The van der Waals surface area contributed by atoms with E-state index in [0.29, 0.717) is 0 Å². The van der Waals surface area contributed by atoms with Gasteiger partial charge in [0.1, 0.15) is 0 Å². The maximum atomic E-state index is 3.89. The first-order valence-corrected chi connectivity index (χ1v) is 7.29. The van der Waals surface area contributed by atoms with Gasteiger partial charge in [0.15, 0.2) is 0 Å². The van der Waals surface area contributed by atoms with E-state index >= 15 is 0 Å². The molecule has 0 bridgehead atoms. The maximum absolute atomic E-state index is 3.89. The van der Waals surface area contributed by atoms with Gasteiger partial charge < -0.3 is 5.32 Å². The topological polar surface area (TPSA) is 15.3 Å². The molecule has 0 amide bonds. The summed E-state index contributed by atoms with van der Waals surface area (Å²) in [6, 6.07) is 3.44. The Morgan fingerprint density at radius 1 is 1.25 bits per heavy atom. The zero-order chi connectivity index (χ0) is 11.1. The quantitative estimate of drug-likeness (QED) is 0.768. The number of hydrogen-bond acceptors (Lipinski definition) is 2. The third kappa shape index (κ3) is 2.28. The van der Waals surface area contributed by atoms with E-state index in [1.165, 1.54) is 45.1 Å². The van der Waals surface area contributed by atoms with Crippen LogP contribution in [0.2, 0.25) is 0 Å². The van der Waals surface area contributed by atoms with Gasteiger partial charge in [0.2, 0.25) is 0 Å². The van der Waals surface area contributed by atoms with E-state index < -0.39 is 0 Å². The molecular weight excluding hydrogens is 196 g/mol. The summed E-state index contributed by atoms with van der Waals surface area (Å²) in [4.78, 5) is 2.74. The van der Waals surface area contributed by atoms with Crippen LogP contribution in [-0.4, -0.2) is 35.6 Å². The Labute approximate surface area is 99.8 Å². The smallest absolute Gasteiger partial charge is 0.0212 e. The first-order valence-electron chi connectivity index (χ1n) is 7.29. The number of hydrogen-bond donors (Lipinski definition) is 1. The van der Waals surface area contributed by atoms with E-state index in [4.69, 9.17) is 0 Å². The van der Waals surface area contributed by atoms with Crippen LogP contribution in [0.5, 0.6) is 0 Å². The highest BCUT2D eigenvalue weighted by atomic mass is 15.3. The molecule has 0 spiro atoms. The average molecular weight is 222 g/mol. The van der Waals surface area contributed by atoms with Crippen LogP contribution >= 0.6 is 0 Å². The van der Waals surface area contributed by atoms with Crippen LogP contribution in [0.4, 0.5) is 0 Å². The molecule has 4 unspecified atom stereocenters. The van der Waals surface area contributed by atoms with Gasteiger partial charge in [-0.3, -0.25) is 4.90 Å². The van der Waals surface area contributed by atoms with E-state index in [2.05, 4.69) is 24.1 Å². The lowest BCUT2D eigenvalue weighted by Gasteiger charge is -2.19. The molecule has 2 heteroatoms. The molecule has 2 saturated carbocycles. The summed E-state index contributed by atoms with van der Waals surface area (Å²) < 4.78 is 0. The molecule has 1 aliphatic heterocycles. The van der Waals surface area contributed by atoms with Crippen molar-refractivity contribution in [2.24, 2.45) is 5.92 Å². The number of nitrogens with zero attached hydrogens (tertiary/aromatic N) is 1. The highest BCUT2D eigenvalue weighted by Gasteiger charge is 2.42. The van der Waals surface area contributed by atoms with Gasteiger partial charge in [-0.25, -0.2) is 0 Å². The minimum Gasteiger partial charge on any atom is -0.310 e. The van der Waals surface area contributed by atoms with Gasteiger partial charge in [0.25, 0.3) is 0 Å². The van der Waals surface area contributed by atoms with Crippen molar-refractivity contribution in [2.45, 2.75) is 76.5 Å². The van der Waals surface area contributed by atoms with Crippen molar-refractivity contribution >= 4 is 0 Å². The summed E-state index contributed by atoms with van der Waals surface area (Å²) >= 11 is 0. The fourth-order valence-electron chi connectivity index (χ4n) is 3.54. The third-order valence-corrected chi connectivity index (χ3v) is 4.67. The van der Waals surface area contributed by atoms with Gasteiger partial charge in [-0.1, -0.05) is 13.3 Å². The molecule has 2 aliphatic carbocycles. The first-order chi connectivity index (χ1) is 7.78. The van der Waals surface area contributed by atoms with E-state index in [1.807, 2.05) is 0 Å². The molecule has 16 heavy (non-hydrogen) atoms. The van der Waals surface area contributed by atoms with E-state index in [0.717, 1.165) is 30.1 Å². The summed E-state index contributed by atoms with van der Waals surface area (Å²) in [5.41, 5.74) is 0. The predicted octanol–water partition coefficient (Wildman–Crippen LogP) is 2.39. The van der Waals surface area contributed by atoms with E-state index in [9.17, 15) is 0 Å². The fourth-order valence-corrected chi connectivity index (χ4v) is 3.54. The van der Waals surface area contributed by atoms with Crippen LogP contribution in [0.1, 0.15) is 52.4 Å². The third-order valence-electron chi connectivity index (χ3n) is 4.67. The van der Waals surface area contributed by atoms with E-state index in [-0.39, 0.29) is 0 Å². The van der Waals surface area contributed by atoms with Crippen LogP contribution in [-0.2, 0) is 0 Å². The summed E-state index contributed by atoms with van der Waals surface area (Å²) in [5.74, 6) is 1.01. The van der Waals surface area contributed by atoms with Crippen LogP contribution in [0, 0.1) is 5.92 Å². The molecule has 3 aliphatic rings. The lowest BCUT2D eigenvalue weighted by Crippen LogP contribution is -2.35. The second-order valence-corrected chi connectivity index (χ2v) is 6.27. The molecule has 4 atom stereocenters. The Kier molecular flexibility index (Phi) is 2.97. The number of likely N-dealkylation sites (tertiary alicyclic amines) is 1. The molecule has 0 aromatic carbocycles. The van der Waals surface area contributed by atoms with Gasteiger partial charge in [-0.05, 0) is 44.9 Å². The van der Waals surface area contributed by atoms with Gasteiger partial charge in [-0.2, -0.15) is 0 Å². The Morgan fingerprint density at radius 2 is 2.06 bits per heavy atom. The monoisotopic (exact) mass is 222 g/mol. The molecule has 1 saturated heterocycles. The second-order valence-electron chi connectivity index (χ2n) is 6.27. The van der Waals surface area contributed by atoms with Crippen LogP contribution in [0.25, 0.3) is 0 Å². The van der Waals surface area contributed by atoms with Crippen molar-refractivity contribution in [2.75, 3.05) is 6.54 Å². The van der Waals surface area contributed by atoms with Crippen molar-refractivity contribution in [1.82, 2.24) is 10.2 Å². The lowest BCUT2D eigenvalue weighted by atomic mass is 10.2. The summed E-state index contributed by atoms with van der Waals surface area (Å²) in [5, 5.41) is 3.89. The molecule has 0 radical (unpaired) electrons. The van der Waals surface area contributed by atoms with Crippen molar-refractivity contribution < 1.29 is 0 Å². The summed E-state index contributed by atoms with van der Waals surface area (Å²) in [6.07, 6.45) is 8.54. The first kappa shape index (κ1) is 11.0. The SMILES string of the molecule is CCCC1CC1NC1CC(C)N(C2CC2)C1. The largest absolute Gasteiger partial charge is 0.310 e. The predicted molar refractivity (Wildman–Crippen MR) is 67.5 cm³/mol. The Bertz CT molecular complexity index is 249. The summed E-state index contributed by atoms with van der Waals surface area (Å²) in [6.45, 7) is 6.04. The molecule has 1 N–H and O–H groups in total. The molecule has 0 aromatic rings. The second kappa shape index (κ2) is 4.30. The highest BCUT2D eigenvalue weighted by Crippen LogP contribution is 2.37. The van der Waals surface area contributed by atoms with Gasteiger partial charge in [-0.15, -0.1) is 0 Å². The minimum absolute atomic E-state index is 0.794. The summed E-state index contributed by atoms with van der Waals surface area (Å²) in [7, 11) is 0. The molecule has 1 heterocycles. The van der Waals surface area contributed by atoms with Crippen LogP contribution < -0.4 is 5.32 Å². The molecule has 3 fully saturated rings. The maximum Gasteiger partial charge on any atom is 0.0212 e. The number of rotatable bonds is 5. The van der Waals surface area contributed by atoms with Crippen molar-refractivity contribution in [3.63, 3.8) is 0 Å². The van der Waals surface area contributed by atoms with Crippen molar-refractivity contribution in [3.05, 3.63) is 0 Å². The zero-order valence-electron chi connectivity index (χ0n) is 10.8. The van der Waals surface area contributed by atoms with Crippen molar-refractivity contribution in [1.29, 1.82) is 0 Å². The van der Waals surface area contributed by atoms with Gasteiger partial charge in [0, 0.05) is 30.7 Å². The van der Waals surface area contributed by atoms with Gasteiger partial charge >= 0.3 is 0 Å². The average Bonchev–Trinajstić information content (AvgIpc) is 3.12. The molecule has 3 rings (SSSR count). The number of nitrogens with one attached hydrogen (secondary N) is 1. The van der Waals surface area contributed by atoms with Crippen molar-refractivity contribution in [3.8, 4) is 0 Å². The molecule has 92 valence electrons. The van der Waals surface area contributed by atoms with Crippen LogP contribution in [0.3, 0.4) is 0 Å². The zero-order valence-corrected chi connectivity index (χ0v) is 10.8. The minimum atomic E-state index is 0.794. The Hall–Kier alpha value is -0.0800. The molecule has 0 aromatic heterocycles.